The molecule has 0 bridgehead atoms. The van der Waals surface area contributed by atoms with Crippen LogP contribution in [0.4, 0.5) is 8.78 Å². The van der Waals surface area contributed by atoms with Crippen molar-refractivity contribution in [1.29, 1.82) is 0 Å². The molecule has 5 aromatic rings. The molecule has 170 valence electrons. The Morgan fingerprint density at radius 1 is 1.00 bits per heavy atom. The Morgan fingerprint density at radius 2 is 1.74 bits per heavy atom. The number of carboxylic acids is 1. The van der Waals surface area contributed by atoms with Crippen molar-refractivity contribution in [3.05, 3.63) is 92.3 Å². The number of pyridine rings is 1. The fraction of sp³-hybridized carbons (Fsp3) is 0. The van der Waals surface area contributed by atoms with E-state index in [1.54, 1.807) is 6.07 Å². The van der Waals surface area contributed by atoms with E-state index in [9.17, 15) is 24.2 Å². The van der Waals surface area contributed by atoms with Gasteiger partial charge >= 0.3 is 5.97 Å². The number of benzene rings is 3. The lowest BCUT2D eigenvalue weighted by molar-refractivity contribution is 0.0695. The van der Waals surface area contributed by atoms with E-state index in [0.717, 1.165) is 22.9 Å². The first-order valence-corrected chi connectivity index (χ1v) is 10.4. The molecule has 0 amide bonds. The number of fused-ring (bicyclic) bond motifs is 2. The fourth-order valence-electron chi connectivity index (χ4n) is 3.81. The maximum atomic E-state index is 15.3. The van der Waals surface area contributed by atoms with Crippen molar-refractivity contribution >= 4 is 51.0 Å². The fourth-order valence-corrected chi connectivity index (χ4v) is 4.40. The summed E-state index contributed by atoms with van der Waals surface area (Å²) in [5, 5.41) is 24.0. The number of carboxylic acid groups (broad SMARTS) is 1. The molecule has 0 aliphatic carbocycles. The van der Waals surface area contributed by atoms with Crippen molar-refractivity contribution in [3.8, 4) is 17.1 Å². The van der Waals surface area contributed by atoms with Crippen molar-refractivity contribution in [1.82, 2.24) is 14.3 Å². The van der Waals surface area contributed by atoms with Crippen LogP contribution in [0.1, 0.15) is 10.4 Å². The third kappa shape index (κ3) is 3.37. The van der Waals surface area contributed by atoms with Crippen molar-refractivity contribution < 1.29 is 23.8 Å². The molecule has 7 nitrogen and oxygen atoms in total. The van der Waals surface area contributed by atoms with Gasteiger partial charge in [-0.15, -0.1) is 0 Å². The molecule has 0 radical (unpaired) electrons. The normalized spacial score (nSPS) is 11.4. The average molecular weight is 502 g/mol. The second-order valence-electron chi connectivity index (χ2n) is 7.39. The molecule has 2 aromatic heterocycles. The molecule has 2 N–H and O–H groups in total. The number of aromatic nitrogens is 3. The van der Waals surface area contributed by atoms with Crippen molar-refractivity contribution in [3.63, 3.8) is 0 Å². The minimum atomic E-state index is -1.56. The van der Waals surface area contributed by atoms with E-state index in [1.165, 1.54) is 35.1 Å². The molecule has 5 rings (SSSR count). The monoisotopic (exact) mass is 501 g/mol. The number of halogens is 4. The first-order chi connectivity index (χ1) is 16.2. The number of phenols is 1. The molecule has 0 spiro atoms. The average Bonchev–Trinajstić information content (AvgIpc) is 3.18. The molecular formula is C23H11Cl2F2N3O4. The van der Waals surface area contributed by atoms with E-state index in [0.29, 0.717) is 15.9 Å². The predicted molar refractivity (Wildman–Crippen MR) is 123 cm³/mol. The summed E-state index contributed by atoms with van der Waals surface area (Å²) in [6.45, 7) is 0. The molecule has 3 aromatic carbocycles. The van der Waals surface area contributed by atoms with Crippen molar-refractivity contribution in [2.75, 3.05) is 0 Å². The Bertz CT molecular complexity index is 1730. The Morgan fingerprint density at radius 3 is 2.44 bits per heavy atom. The SMILES string of the molecule is O=C(O)c1cn(-c2ccc(O)cc2F)c2cc(-n3ncc4cc(Cl)cc(Cl)c43)c(F)cc2c1=O. The van der Waals surface area contributed by atoms with Crippen LogP contribution >= 0.6 is 23.2 Å². The molecular weight excluding hydrogens is 491 g/mol. The zero-order valence-corrected chi connectivity index (χ0v) is 18.3. The summed E-state index contributed by atoms with van der Waals surface area (Å²) >= 11 is 12.3. The van der Waals surface area contributed by atoms with Crippen LogP contribution in [0.25, 0.3) is 33.2 Å². The number of phenolic OH excluding ortho intramolecular Hbond substituents is 1. The lowest BCUT2D eigenvalue weighted by Crippen LogP contribution is -2.19. The molecule has 34 heavy (non-hydrogen) atoms. The molecule has 0 fully saturated rings. The third-order valence-corrected chi connectivity index (χ3v) is 5.81. The van der Waals surface area contributed by atoms with E-state index in [-0.39, 0.29) is 33.0 Å². The number of hydrogen-bond acceptors (Lipinski definition) is 4. The van der Waals surface area contributed by atoms with Crippen LogP contribution in [0.5, 0.6) is 5.75 Å². The highest BCUT2D eigenvalue weighted by molar-refractivity contribution is 6.38. The Balaban J connectivity index is 1.90. The summed E-state index contributed by atoms with van der Waals surface area (Å²) in [6, 6.07) is 8.38. The summed E-state index contributed by atoms with van der Waals surface area (Å²) in [5.74, 6) is -3.70. The number of rotatable bonds is 3. The van der Waals surface area contributed by atoms with Gasteiger partial charge in [0.15, 0.2) is 5.82 Å². The Labute approximate surface area is 198 Å². The zero-order chi connectivity index (χ0) is 24.3. The maximum Gasteiger partial charge on any atom is 0.341 e. The highest BCUT2D eigenvalue weighted by atomic mass is 35.5. The highest BCUT2D eigenvalue weighted by Gasteiger charge is 2.21. The van der Waals surface area contributed by atoms with Crippen molar-refractivity contribution in [2.45, 2.75) is 0 Å². The first-order valence-electron chi connectivity index (χ1n) is 9.60. The number of aromatic hydroxyl groups is 1. The smallest absolute Gasteiger partial charge is 0.341 e. The van der Waals surface area contributed by atoms with Gasteiger partial charge in [-0.1, -0.05) is 23.2 Å². The van der Waals surface area contributed by atoms with Gasteiger partial charge in [0.1, 0.15) is 22.8 Å². The van der Waals surface area contributed by atoms with Crippen molar-refractivity contribution in [2.24, 2.45) is 0 Å². The summed E-state index contributed by atoms with van der Waals surface area (Å²) < 4.78 is 32.3. The minimum Gasteiger partial charge on any atom is -0.508 e. The maximum absolute atomic E-state index is 15.3. The molecule has 11 heteroatoms. The molecule has 0 saturated heterocycles. The van der Waals surface area contributed by atoms with Gasteiger partial charge in [0.05, 0.1) is 27.9 Å². The second kappa shape index (κ2) is 7.82. The number of aromatic carboxylic acids is 1. The Kier molecular flexibility index (Phi) is 5.03. The van der Waals surface area contributed by atoms with Gasteiger partial charge in [0.2, 0.25) is 5.43 Å². The quantitative estimate of drug-likeness (QED) is 0.348. The van der Waals surface area contributed by atoms with E-state index in [1.807, 2.05) is 0 Å². The standard InChI is InChI=1S/C23H11Cl2F2N3O4/c24-11-3-10-8-28-30(21(10)15(25)4-11)20-7-19-13(6-17(20)27)22(32)14(23(33)34)9-29(19)18-2-1-12(31)5-16(18)26/h1-9,31H,(H,33,34). The largest absolute Gasteiger partial charge is 0.508 e. The summed E-state index contributed by atoms with van der Waals surface area (Å²) in [4.78, 5) is 24.5. The summed E-state index contributed by atoms with van der Waals surface area (Å²) in [7, 11) is 0. The van der Waals surface area contributed by atoms with Crippen LogP contribution in [0.2, 0.25) is 10.0 Å². The molecule has 2 heterocycles. The minimum absolute atomic E-state index is 0.00438. The highest BCUT2D eigenvalue weighted by Crippen LogP contribution is 2.32. The number of nitrogens with zero attached hydrogens (tertiary/aromatic N) is 3. The second-order valence-corrected chi connectivity index (χ2v) is 8.23. The van der Waals surface area contributed by atoms with Crippen LogP contribution in [0.3, 0.4) is 0 Å². The van der Waals surface area contributed by atoms with Gasteiger partial charge in [-0.2, -0.15) is 5.10 Å². The third-order valence-electron chi connectivity index (χ3n) is 5.30. The van der Waals surface area contributed by atoms with Gasteiger partial charge in [0.25, 0.3) is 0 Å². The Hall–Kier alpha value is -3.95. The van der Waals surface area contributed by atoms with Crippen LogP contribution in [0, 0.1) is 11.6 Å². The van der Waals surface area contributed by atoms with Gasteiger partial charge in [-0.3, -0.25) is 4.79 Å². The molecule has 0 aliphatic rings. The lowest BCUT2D eigenvalue weighted by Gasteiger charge is -2.15. The first kappa shape index (κ1) is 21.9. The number of hydrogen-bond donors (Lipinski definition) is 2. The molecule has 0 aliphatic heterocycles. The van der Waals surface area contributed by atoms with Gasteiger partial charge in [-0.05, 0) is 36.4 Å². The topological polar surface area (TPSA) is 97.3 Å². The lowest BCUT2D eigenvalue weighted by atomic mass is 10.1. The summed E-state index contributed by atoms with van der Waals surface area (Å²) in [6.07, 6.45) is 2.37. The summed E-state index contributed by atoms with van der Waals surface area (Å²) in [5.41, 5.74) is -1.58. The van der Waals surface area contributed by atoms with Crippen LogP contribution in [0.15, 0.2) is 59.7 Å². The molecule has 0 unspecified atom stereocenters. The van der Waals surface area contributed by atoms with Gasteiger partial charge in [-0.25, -0.2) is 18.3 Å². The van der Waals surface area contributed by atoms with Crippen LogP contribution in [-0.2, 0) is 0 Å². The van der Waals surface area contributed by atoms with Gasteiger partial charge in [0, 0.05) is 28.1 Å². The van der Waals surface area contributed by atoms with Gasteiger partial charge < -0.3 is 14.8 Å². The van der Waals surface area contributed by atoms with E-state index < -0.39 is 28.6 Å². The van der Waals surface area contributed by atoms with Crippen LogP contribution < -0.4 is 5.43 Å². The number of carbonyl (C=O) groups is 1. The molecule has 0 atom stereocenters. The predicted octanol–water partition coefficient (Wildman–Crippen LogP) is 5.32. The van der Waals surface area contributed by atoms with E-state index in [4.69, 9.17) is 23.2 Å². The van der Waals surface area contributed by atoms with E-state index >= 15 is 4.39 Å². The van der Waals surface area contributed by atoms with E-state index in [2.05, 4.69) is 5.10 Å². The van der Waals surface area contributed by atoms with Crippen LogP contribution in [-0.4, -0.2) is 30.5 Å². The molecule has 0 saturated carbocycles. The zero-order valence-electron chi connectivity index (χ0n) is 16.8.